The molecule has 0 radical (unpaired) electrons. The highest BCUT2D eigenvalue weighted by molar-refractivity contribution is 5.20. The molecular weight excluding hydrogens is 448 g/mol. The molecule has 2 unspecified atom stereocenters. The lowest BCUT2D eigenvalue weighted by molar-refractivity contribution is -0.396. The highest BCUT2D eigenvalue weighted by atomic mass is 19.3. The minimum atomic E-state index is -4.34. The summed E-state index contributed by atoms with van der Waals surface area (Å²) in [5.41, 5.74) is 0. The third-order valence-electron chi connectivity index (χ3n) is 3.39. The summed E-state index contributed by atoms with van der Waals surface area (Å²) in [5, 5.41) is 27.2. The topological polar surface area (TPSA) is 116 Å². The molecule has 0 bridgehead atoms. The second-order valence-corrected chi connectivity index (χ2v) is 6.46. The molecule has 2 atom stereocenters. The molecule has 0 aliphatic heterocycles. The van der Waals surface area contributed by atoms with Crippen molar-refractivity contribution in [1.29, 1.82) is 0 Å². The first-order valence-corrected chi connectivity index (χ1v) is 9.55. The number of para-hydroxylation sites is 1. The molecule has 0 spiro atoms. The molecule has 9 nitrogen and oxygen atoms in total. The highest BCUT2D eigenvalue weighted by Gasteiger charge is 2.44. The van der Waals surface area contributed by atoms with Gasteiger partial charge < -0.3 is 39.0 Å². The van der Waals surface area contributed by atoms with Crippen LogP contribution in [0.4, 0.5) is 17.6 Å². The van der Waals surface area contributed by atoms with Crippen molar-refractivity contribution in [3.05, 3.63) is 30.3 Å². The molecule has 0 amide bonds. The van der Waals surface area contributed by atoms with Crippen molar-refractivity contribution >= 4 is 0 Å². The van der Waals surface area contributed by atoms with Gasteiger partial charge in [0, 0.05) is 0 Å². The van der Waals surface area contributed by atoms with E-state index in [0.29, 0.717) is 5.75 Å². The predicted molar refractivity (Wildman–Crippen MR) is 100 cm³/mol. The van der Waals surface area contributed by atoms with Crippen molar-refractivity contribution in [2.24, 2.45) is 0 Å². The van der Waals surface area contributed by atoms with E-state index in [1.165, 1.54) is 0 Å². The summed E-state index contributed by atoms with van der Waals surface area (Å²) in [5.74, 6) is 0.455. The van der Waals surface area contributed by atoms with Crippen LogP contribution in [-0.2, 0) is 23.7 Å². The van der Waals surface area contributed by atoms with E-state index < -0.39 is 57.6 Å². The van der Waals surface area contributed by atoms with Crippen LogP contribution in [-0.4, -0.2) is 99.4 Å². The SMILES string of the molecule is OCC(O)COCCOCOCC(F)(F)OC(F)(F)COCC(O)COc1ccccc1. The Morgan fingerprint density at radius 3 is 2.00 bits per heavy atom. The van der Waals surface area contributed by atoms with Crippen LogP contribution in [0.1, 0.15) is 0 Å². The minimum absolute atomic E-state index is 0.00897. The van der Waals surface area contributed by atoms with Crippen LogP contribution in [0, 0.1) is 0 Å². The van der Waals surface area contributed by atoms with Gasteiger partial charge in [0.05, 0.1) is 33.0 Å². The third-order valence-corrected chi connectivity index (χ3v) is 3.39. The van der Waals surface area contributed by atoms with Crippen molar-refractivity contribution in [2.75, 3.05) is 59.6 Å². The molecule has 0 heterocycles. The van der Waals surface area contributed by atoms with Crippen molar-refractivity contribution in [2.45, 2.75) is 24.4 Å². The maximum absolute atomic E-state index is 13.5. The van der Waals surface area contributed by atoms with Crippen molar-refractivity contribution in [3.8, 4) is 5.75 Å². The van der Waals surface area contributed by atoms with Gasteiger partial charge in [0.15, 0.2) is 0 Å². The first-order valence-electron chi connectivity index (χ1n) is 9.55. The second kappa shape index (κ2) is 15.3. The molecule has 1 rings (SSSR count). The minimum Gasteiger partial charge on any atom is -0.491 e. The van der Waals surface area contributed by atoms with Gasteiger partial charge in [-0.2, -0.15) is 17.6 Å². The number of alkyl halides is 4. The molecule has 3 N–H and O–H groups in total. The van der Waals surface area contributed by atoms with Crippen molar-refractivity contribution in [1.82, 2.24) is 0 Å². The van der Waals surface area contributed by atoms with Crippen LogP contribution in [0.5, 0.6) is 5.75 Å². The second-order valence-electron chi connectivity index (χ2n) is 6.46. The van der Waals surface area contributed by atoms with E-state index in [1.54, 1.807) is 30.3 Å². The predicted octanol–water partition coefficient (Wildman–Crippen LogP) is 1.01. The summed E-state index contributed by atoms with van der Waals surface area (Å²) in [6.45, 7) is -5.18. The molecule has 0 fully saturated rings. The molecule has 1 aromatic rings. The molecule has 0 aliphatic carbocycles. The van der Waals surface area contributed by atoms with E-state index in [1.807, 2.05) is 0 Å². The summed E-state index contributed by atoms with van der Waals surface area (Å²) < 4.78 is 81.4. The van der Waals surface area contributed by atoms with Crippen LogP contribution >= 0.6 is 0 Å². The summed E-state index contributed by atoms with van der Waals surface area (Å²) in [6, 6.07) is 8.42. The fraction of sp³-hybridized carbons (Fsp3) is 0.684. The lowest BCUT2D eigenvalue weighted by Gasteiger charge is -2.24. The Balaban J connectivity index is 2.13. The Morgan fingerprint density at radius 2 is 1.34 bits per heavy atom. The number of aliphatic hydroxyl groups is 3. The number of benzene rings is 1. The quantitative estimate of drug-likeness (QED) is 0.153. The maximum atomic E-state index is 13.5. The smallest absolute Gasteiger partial charge is 0.383 e. The number of ether oxygens (including phenoxy) is 6. The largest absolute Gasteiger partial charge is 0.491 e. The van der Waals surface area contributed by atoms with Crippen LogP contribution < -0.4 is 4.74 Å². The van der Waals surface area contributed by atoms with Gasteiger partial charge >= 0.3 is 12.2 Å². The molecule has 0 saturated carbocycles. The zero-order valence-electron chi connectivity index (χ0n) is 17.2. The van der Waals surface area contributed by atoms with E-state index in [9.17, 15) is 22.7 Å². The highest BCUT2D eigenvalue weighted by Crippen LogP contribution is 2.27. The van der Waals surface area contributed by atoms with Crippen LogP contribution in [0.15, 0.2) is 30.3 Å². The Morgan fingerprint density at radius 1 is 0.750 bits per heavy atom. The van der Waals surface area contributed by atoms with Gasteiger partial charge in [-0.15, -0.1) is 0 Å². The molecule has 1 aromatic carbocycles. The van der Waals surface area contributed by atoms with E-state index in [-0.39, 0.29) is 26.4 Å². The fourth-order valence-corrected chi connectivity index (χ4v) is 2.02. The number of aliphatic hydroxyl groups excluding tert-OH is 3. The fourth-order valence-electron chi connectivity index (χ4n) is 2.02. The Labute approximate surface area is 182 Å². The van der Waals surface area contributed by atoms with Crippen molar-refractivity contribution in [3.63, 3.8) is 0 Å². The standard InChI is InChI=1S/C19H28F4O9/c20-18(21,12-29-10-16(26)11-31-17-4-2-1-3-5-17)32-19(22,23)13-30-14-28-7-6-27-9-15(25)8-24/h1-5,15-16,24-26H,6-14H2. The Bertz CT molecular complexity index is 595. The number of halogens is 4. The van der Waals surface area contributed by atoms with E-state index in [2.05, 4.69) is 14.2 Å². The molecule has 0 aliphatic rings. The number of hydrogen-bond acceptors (Lipinski definition) is 9. The summed E-state index contributed by atoms with van der Waals surface area (Å²) in [4.78, 5) is 0. The zero-order chi connectivity index (χ0) is 23.9. The summed E-state index contributed by atoms with van der Waals surface area (Å²) in [7, 11) is 0. The average molecular weight is 476 g/mol. The first kappa shape index (κ1) is 28.5. The Kier molecular flexibility index (Phi) is 13.6. The zero-order valence-corrected chi connectivity index (χ0v) is 17.2. The van der Waals surface area contributed by atoms with Gasteiger partial charge in [0.1, 0.15) is 44.6 Å². The van der Waals surface area contributed by atoms with Gasteiger partial charge in [-0.25, -0.2) is 0 Å². The van der Waals surface area contributed by atoms with Crippen LogP contribution in [0.2, 0.25) is 0 Å². The lowest BCUT2D eigenvalue weighted by Crippen LogP contribution is -2.40. The van der Waals surface area contributed by atoms with Gasteiger partial charge in [-0.3, -0.25) is 4.74 Å². The third kappa shape index (κ3) is 14.5. The van der Waals surface area contributed by atoms with Crippen LogP contribution in [0.3, 0.4) is 0 Å². The van der Waals surface area contributed by atoms with E-state index >= 15 is 0 Å². The molecule has 0 saturated heterocycles. The van der Waals surface area contributed by atoms with E-state index in [0.717, 1.165) is 0 Å². The lowest BCUT2D eigenvalue weighted by atomic mass is 10.3. The van der Waals surface area contributed by atoms with Gasteiger partial charge in [0.25, 0.3) is 0 Å². The Hall–Kier alpha value is -1.58. The van der Waals surface area contributed by atoms with Gasteiger partial charge in [-0.1, -0.05) is 18.2 Å². The molecule has 13 heteroatoms. The summed E-state index contributed by atoms with van der Waals surface area (Å²) >= 11 is 0. The van der Waals surface area contributed by atoms with Gasteiger partial charge in [-0.05, 0) is 12.1 Å². The maximum Gasteiger partial charge on any atom is 0.383 e. The summed E-state index contributed by atoms with van der Waals surface area (Å²) in [6.07, 6.45) is -11.0. The number of rotatable bonds is 19. The van der Waals surface area contributed by atoms with Crippen LogP contribution in [0.25, 0.3) is 0 Å². The number of hydrogen-bond donors (Lipinski definition) is 3. The molecule has 0 aromatic heterocycles. The van der Waals surface area contributed by atoms with E-state index in [4.69, 9.17) is 24.4 Å². The molecular formula is C19H28F4O9. The molecule has 32 heavy (non-hydrogen) atoms. The molecule has 186 valence electrons. The monoisotopic (exact) mass is 476 g/mol. The van der Waals surface area contributed by atoms with Gasteiger partial charge in [0.2, 0.25) is 0 Å². The average Bonchev–Trinajstić information content (AvgIpc) is 2.73. The normalized spacial score (nSPS) is 14.3. The first-order chi connectivity index (χ1) is 15.1. The van der Waals surface area contributed by atoms with Crippen molar-refractivity contribution < 1.29 is 61.3 Å².